The van der Waals surface area contributed by atoms with E-state index >= 15 is 0 Å². The summed E-state index contributed by atoms with van der Waals surface area (Å²) in [6.07, 6.45) is 1.82. The first kappa shape index (κ1) is 20.3. The van der Waals surface area contributed by atoms with Crippen molar-refractivity contribution in [1.82, 2.24) is 20.0 Å². The van der Waals surface area contributed by atoms with Gasteiger partial charge in [0.2, 0.25) is 0 Å². The van der Waals surface area contributed by atoms with Crippen LogP contribution in [-0.4, -0.2) is 45.8 Å². The molecule has 6 heteroatoms. The minimum Gasteiger partial charge on any atom is -0.351 e. The maximum absolute atomic E-state index is 12.9. The molecule has 0 saturated heterocycles. The zero-order valence-corrected chi connectivity index (χ0v) is 17.7. The molecule has 0 aliphatic heterocycles. The molecule has 2 aromatic heterocycles. The highest BCUT2D eigenvalue weighted by Crippen LogP contribution is 2.27. The molecule has 0 fully saturated rings. The molecule has 0 radical (unpaired) electrons. The molecule has 3 rings (SSSR count). The summed E-state index contributed by atoms with van der Waals surface area (Å²) in [6, 6.07) is 14.7. The lowest BCUT2D eigenvalue weighted by Gasteiger charge is -2.30. The molecule has 0 aliphatic carbocycles. The van der Waals surface area contributed by atoms with Crippen molar-refractivity contribution in [2.45, 2.75) is 39.8 Å². The molecule has 28 heavy (non-hydrogen) atoms. The van der Waals surface area contributed by atoms with Crippen LogP contribution in [0.3, 0.4) is 0 Å². The Morgan fingerprint density at radius 2 is 1.82 bits per heavy atom. The van der Waals surface area contributed by atoms with Gasteiger partial charge in [-0.1, -0.05) is 24.3 Å². The monoisotopic (exact) mass is 396 g/mol. The third-order valence-corrected chi connectivity index (χ3v) is 5.59. The van der Waals surface area contributed by atoms with E-state index in [1.54, 1.807) is 16.0 Å². The van der Waals surface area contributed by atoms with Crippen LogP contribution in [0.2, 0.25) is 0 Å². The fraction of sp³-hybridized carbons (Fsp3) is 0.364. The Morgan fingerprint density at radius 1 is 1.11 bits per heavy atom. The molecule has 3 aromatic rings. The van der Waals surface area contributed by atoms with E-state index in [2.05, 4.69) is 37.9 Å². The molecule has 0 aliphatic rings. The van der Waals surface area contributed by atoms with Crippen LogP contribution >= 0.6 is 11.3 Å². The number of nitrogens with zero attached hydrogens (tertiary/aromatic N) is 3. The number of thiophene rings is 1. The highest BCUT2D eigenvalue weighted by molar-refractivity contribution is 7.13. The van der Waals surface area contributed by atoms with Gasteiger partial charge >= 0.3 is 0 Å². The van der Waals surface area contributed by atoms with Crippen molar-refractivity contribution in [3.8, 4) is 16.3 Å². The Balaban J connectivity index is 1.80. The Morgan fingerprint density at radius 3 is 2.43 bits per heavy atom. The number of carbonyl (C=O) groups is 1. The Labute approximate surface area is 171 Å². The predicted molar refractivity (Wildman–Crippen MR) is 116 cm³/mol. The molecule has 5 nitrogen and oxygen atoms in total. The highest BCUT2D eigenvalue weighted by atomic mass is 32.1. The van der Waals surface area contributed by atoms with Crippen LogP contribution in [0, 0.1) is 0 Å². The van der Waals surface area contributed by atoms with Crippen molar-refractivity contribution in [2.24, 2.45) is 0 Å². The van der Waals surface area contributed by atoms with E-state index in [0.717, 1.165) is 22.8 Å². The summed E-state index contributed by atoms with van der Waals surface area (Å²) in [4.78, 5) is 16.3. The minimum absolute atomic E-state index is 0.0851. The third-order valence-electron chi connectivity index (χ3n) is 4.72. The Hall–Kier alpha value is -2.44. The summed E-state index contributed by atoms with van der Waals surface area (Å²) in [7, 11) is 0. The topological polar surface area (TPSA) is 50.2 Å². The quantitative estimate of drug-likeness (QED) is 0.612. The van der Waals surface area contributed by atoms with Gasteiger partial charge < -0.3 is 5.32 Å². The number of benzene rings is 1. The van der Waals surface area contributed by atoms with Crippen molar-refractivity contribution in [3.63, 3.8) is 0 Å². The van der Waals surface area contributed by atoms with E-state index in [0.29, 0.717) is 24.2 Å². The summed E-state index contributed by atoms with van der Waals surface area (Å²) in [6.45, 7) is 10.2. The van der Waals surface area contributed by atoms with Crippen molar-refractivity contribution >= 4 is 17.2 Å². The van der Waals surface area contributed by atoms with Gasteiger partial charge in [0.1, 0.15) is 5.69 Å². The third kappa shape index (κ3) is 4.69. The minimum atomic E-state index is -0.0851. The average molecular weight is 397 g/mol. The average Bonchev–Trinajstić information content (AvgIpc) is 3.34. The lowest BCUT2D eigenvalue weighted by atomic mass is 10.2. The van der Waals surface area contributed by atoms with E-state index in [1.165, 1.54) is 0 Å². The highest BCUT2D eigenvalue weighted by Gasteiger charge is 2.20. The molecular weight excluding hydrogens is 368 g/mol. The molecule has 0 saturated carbocycles. The second-order valence-electron chi connectivity index (χ2n) is 7.33. The van der Waals surface area contributed by atoms with Crippen molar-refractivity contribution < 1.29 is 4.79 Å². The van der Waals surface area contributed by atoms with E-state index < -0.39 is 0 Å². The first-order valence-electron chi connectivity index (χ1n) is 9.70. The number of carbonyl (C=O) groups excluding carboxylic acids is 1. The van der Waals surface area contributed by atoms with E-state index in [4.69, 9.17) is 5.10 Å². The molecule has 0 spiro atoms. The first-order valence-corrected chi connectivity index (χ1v) is 10.6. The molecule has 1 aromatic carbocycles. The van der Waals surface area contributed by atoms with Crippen LogP contribution in [0.1, 0.15) is 38.1 Å². The number of nitrogens with one attached hydrogen (secondary N) is 1. The summed E-state index contributed by atoms with van der Waals surface area (Å²) in [5.41, 5.74) is 2.26. The normalized spacial score (nSPS) is 11.5. The first-order chi connectivity index (χ1) is 13.5. The van der Waals surface area contributed by atoms with Crippen LogP contribution in [0.25, 0.3) is 16.3 Å². The number of rotatable bonds is 8. The van der Waals surface area contributed by atoms with Gasteiger partial charge in [-0.2, -0.15) is 5.10 Å². The number of para-hydroxylation sites is 1. The molecule has 0 bridgehead atoms. The van der Waals surface area contributed by atoms with E-state index in [-0.39, 0.29) is 5.91 Å². The number of amides is 1. The van der Waals surface area contributed by atoms with Crippen LogP contribution < -0.4 is 5.32 Å². The zero-order chi connectivity index (χ0) is 20.1. The summed E-state index contributed by atoms with van der Waals surface area (Å²) < 4.78 is 1.78. The predicted octanol–water partition coefficient (Wildman–Crippen LogP) is 4.45. The van der Waals surface area contributed by atoms with Gasteiger partial charge in [-0.3, -0.25) is 9.69 Å². The molecule has 2 heterocycles. The van der Waals surface area contributed by atoms with Crippen LogP contribution in [0.4, 0.5) is 0 Å². The molecule has 0 atom stereocenters. The number of hydrogen-bond donors (Lipinski definition) is 1. The number of hydrogen-bond acceptors (Lipinski definition) is 4. The van der Waals surface area contributed by atoms with Crippen LogP contribution in [-0.2, 0) is 0 Å². The molecule has 1 N–H and O–H groups in total. The van der Waals surface area contributed by atoms with Gasteiger partial charge in [-0.25, -0.2) is 4.68 Å². The van der Waals surface area contributed by atoms with Crippen LogP contribution in [0.5, 0.6) is 0 Å². The van der Waals surface area contributed by atoms with Gasteiger partial charge in [0.05, 0.1) is 16.1 Å². The van der Waals surface area contributed by atoms with E-state index in [1.807, 2.05) is 54.0 Å². The standard InChI is InChI=1S/C22H28N4OS/c1-16(2)25(17(3)4)13-12-23-22(27)19-15-26(18-9-6-5-7-10-18)24-21(19)20-11-8-14-28-20/h5-11,14-17H,12-13H2,1-4H3,(H,23,27). The Bertz CT molecular complexity index is 877. The number of aromatic nitrogens is 2. The van der Waals surface area contributed by atoms with Crippen molar-refractivity contribution in [2.75, 3.05) is 13.1 Å². The second-order valence-corrected chi connectivity index (χ2v) is 8.28. The van der Waals surface area contributed by atoms with Crippen molar-refractivity contribution in [1.29, 1.82) is 0 Å². The van der Waals surface area contributed by atoms with Crippen LogP contribution in [0.15, 0.2) is 54.0 Å². The van der Waals surface area contributed by atoms with Gasteiger partial charge in [0.15, 0.2) is 0 Å². The zero-order valence-electron chi connectivity index (χ0n) is 16.9. The summed E-state index contributed by atoms with van der Waals surface area (Å²) in [5.74, 6) is -0.0851. The fourth-order valence-corrected chi connectivity index (χ4v) is 4.08. The molecular formula is C22H28N4OS. The van der Waals surface area contributed by atoms with Gasteiger partial charge in [-0.05, 0) is 51.3 Å². The fourth-order valence-electron chi connectivity index (χ4n) is 3.35. The Kier molecular flexibility index (Phi) is 6.65. The molecule has 0 unspecified atom stereocenters. The lowest BCUT2D eigenvalue weighted by molar-refractivity contribution is 0.0940. The lowest BCUT2D eigenvalue weighted by Crippen LogP contribution is -2.42. The summed E-state index contributed by atoms with van der Waals surface area (Å²) in [5, 5.41) is 9.78. The van der Waals surface area contributed by atoms with E-state index in [9.17, 15) is 4.79 Å². The van der Waals surface area contributed by atoms with Gasteiger partial charge in [0.25, 0.3) is 5.91 Å². The maximum atomic E-state index is 12.9. The smallest absolute Gasteiger partial charge is 0.255 e. The maximum Gasteiger partial charge on any atom is 0.255 e. The largest absolute Gasteiger partial charge is 0.351 e. The summed E-state index contributed by atoms with van der Waals surface area (Å²) >= 11 is 1.59. The van der Waals surface area contributed by atoms with Gasteiger partial charge in [0, 0.05) is 31.4 Å². The van der Waals surface area contributed by atoms with Crippen molar-refractivity contribution in [3.05, 3.63) is 59.6 Å². The second kappa shape index (κ2) is 9.17. The molecule has 148 valence electrons. The van der Waals surface area contributed by atoms with Gasteiger partial charge in [-0.15, -0.1) is 11.3 Å². The SMILES string of the molecule is CC(C)N(CCNC(=O)c1cn(-c2ccccc2)nc1-c1cccs1)C(C)C. The molecule has 1 amide bonds.